The molecule has 1 saturated heterocycles. The first-order valence-electron chi connectivity index (χ1n) is 10.8. The summed E-state index contributed by atoms with van der Waals surface area (Å²) in [5, 5.41) is 17.4. The number of ether oxygens (including phenoxy) is 1. The molecule has 0 spiro atoms. The highest BCUT2D eigenvalue weighted by Gasteiger charge is 2.37. The van der Waals surface area contributed by atoms with E-state index in [1.807, 2.05) is 0 Å². The average Bonchev–Trinajstić information content (AvgIpc) is 3.57. The van der Waals surface area contributed by atoms with E-state index in [-0.39, 0.29) is 41.8 Å². The molecule has 1 unspecified atom stereocenters. The van der Waals surface area contributed by atoms with E-state index < -0.39 is 28.7 Å². The number of nitrogens with two attached hydrogens (primary N) is 1. The van der Waals surface area contributed by atoms with Crippen molar-refractivity contribution in [3.8, 4) is 5.75 Å². The minimum atomic E-state index is -1.36. The van der Waals surface area contributed by atoms with Gasteiger partial charge in [-0.2, -0.15) is 0 Å². The first-order valence-corrected chi connectivity index (χ1v) is 10.8. The molecule has 1 saturated carbocycles. The normalized spacial score (nSPS) is 19.6. The Labute approximate surface area is 194 Å². The molecule has 1 aromatic heterocycles. The molecule has 2 fully saturated rings. The number of rotatable bonds is 8. The van der Waals surface area contributed by atoms with Crippen molar-refractivity contribution in [2.45, 2.75) is 25.8 Å². The molecular formula is C22H26FN5O6. The number of nitrogens with zero attached hydrogens (tertiary/aromatic N) is 4. The Bertz CT molecular complexity index is 1250. The first kappa shape index (κ1) is 23.3. The first-order chi connectivity index (χ1) is 16.3. The number of hydrogen-bond donors (Lipinski definition) is 2. The van der Waals surface area contributed by atoms with Gasteiger partial charge in [-0.05, 0) is 25.8 Å². The number of hydrogen-bond acceptors (Lipinski definition) is 8. The number of aromatic nitrogens is 1. The number of methoxy groups -OCH3 is 1. The van der Waals surface area contributed by atoms with Gasteiger partial charge in [0.1, 0.15) is 30.8 Å². The maximum absolute atomic E-state index is 15.5. The number of oxime groups is 2. The van der Waals surface area contributed by atoms with Gasteiger partial charge in [0, 0.05) is 18.8 Å². The molecule has 2 aromatic rings. The van der Waals surface area contributed by atoms with E-state index in [0.29, 0.717) is 17.8 Å². The van der Waals surface area contributed by atoms with Gasteiger partial charge in [0.2, 0.25) is 5.43 Å². The molecule has 1 aromatic carbocycles. The second-order valence-electron chi connectivity index (χ2n) is 8.08. The van der Waals surface area contributed by atoms with Crippen LogP contribution in [0.25, 0.3) is 10.9 Å². The minimum absolute atomic E-state index is 0.000627. The Kier molecular flexibility index (Phi) is 6.31. The van der Waals surface area contributed by atoms with Crippen LogP contribution in [0, 0.1) is 11.7 Å². The molecule has 1 aliphatic heterocycles. The van der Waals surface area contributed by atoms with Gasteiger partial charge in [0.15, 0.2) is 11.6 Å². The zero-order chi connectivity index (χ0) is 24.6. The van der Waals surface area contributed by atoms with Gasteiger partial charge in [0.25, 0.3) is 0 Å². The molecule has 0 radical (unpaired) electrons. The van der Waals surface area contributed by atoms with Crippen LogP contribution in [0.4, 0.5) is 10.1 Å². The van der Waals surface area contributed by atoms with Gasteiger partial charge in [-0.25, -0.2) is 9.18 Å². The maximum Gasteiger partial charge on any atom is 0.341 e. The number of carbonyl (C=O) groups is 1. The summed E-state index contributed by atoms with van der Waals surface area (Å²) in [6.45, 7) is 2.48. The third-order valence-corrected chi connectivity index (χ3v) is 5.91. The Morgan fingerprint density at radius 3 is 2.68 bits per heavy atom. The van der Waals surface area contributed by atoms with Gasteiger partial charge < -0.3 is 34.7 Å². The Hall–Kier alpha value is -3.83. The molecule has 0 bridgehead atoms. The number of anilines is 1. The van der Waals surface area contributed by atoms with E-state index in [1.54, 1.807) is 16.4 Å². The average molecular weight is 475 g/mol. The number of aromatic carboxylic acids is 1. The van der Waals surface area contributed by atoms with E-state index in [9.17, 15) is 14.7 Å². The second-order valence-corrected chi connectivity index (χ2v) is 8.08. The van der Waals surface area contributed by atoms with Crippen molar-refractivity contribution in [2.24, 2.45) is 22.0 Å². The number of halogens is 1. The standard InChI is InChI=1S/C22H26FN5O6/c1-4-34-26-21(24)13-8-27(10-16(13)25-33-3)18-15(23)7-12-17(20(18)32-2)28(11-5-6-11)9-14(19(12)29)22(30)31/h7,9,11,13H,4-6,8,10H2,1-3H3,(H2,24,26)(H,30,31)/b25-16+. The van der Waals surface area contributed by atoms with Crippen LogP contribution >= 0.6 is 0 Å². The van der Waals surface area contributed by atoms with Crippen LogP contribution in [0.5, 0.6) is 5.75 Å². The molecule has 182 valence electrons. The monoisotopic (exact) mass is 475 g/mol. The molecule has 2 heterocycles. The lowest BCUT2D eigenvalue weighted by atomic mass is 10.1. The molecule has 1 aliphatic carbocycles. The van der Waals surface area contributed by atoms with E-state index in [4.69, 9.17) is 20.1 Å². The summed E-state index contributed by atoms with van der Waals surface area (Å²) in [5.41, 5.74) is 5.90. The highest BCUT2D eigenvalue weighted by atomic mass is 19.1. The quantitative estimate of drug-likeness (QED) is 0.335. The third kappa shape index (κ3) is 3.99. The molecule has 1 atom stereocenters. The van der Waals surface area contributed by atoms with Crippen LogP contribution in [0.1, 0.15) is 36.2 Å². The highest BCUT2D eigenvalue weighted by Crippen LogP contribution is 2.44. The Morgan fingerprint density at radius 2 is 2.09 bits per heavy atom. The largest absolute Gasteiger partial charge is 0.492 e. The van der Waals surface area contributed by atoms with Gasteiger partial charge in [0.05, 0.1) is 36.2 Å². The number of fused-ring (bicyclic) bond motifs is 1. The fraction of sp³-hybridized carbons (Fsp3) is 0.455. The minimum Gasteiger partial charge on any atom is -0.492 e. The van der Waals surface area contributed by atoms with E-state index in [0.717, 1.165) is 18.9 Å². The maximum atomic E-state index is 15.5. The number of benzene rings is 1. The topological polar surface area (TPSA) is 141 Å². The van der Waals surface area contributed by atoms with Crippen LogP contribution in [0.15, 0.2) is 27.4 Å². The lowest BCUT2D eigenvalue weighted by molar-refractivity contribution is 0.0694. The Morgan fingerprint density at radius 1 is 1.35 bits per heavy atom. The van der Waals surface area contributed by atoms with Crippen LogP contribution in [0.2, 0.25) is 0 Å². The van der Waals surface area contributed by atoms with Gasteiger partial charge in [-0.3, -0.25) is 4.79 Å². The summed E-state index contributed by atoms with van der Waals surface area (Å²) in [4.78, 5) is 36.2. The number of pyridine rings is 1. The van der Waals surface area contributed by atoms with Crippen molar-refractivity contribution >= 4 is 34.1 Å². The lowest BCUT2D eigenvalue weighted by Crippen LogP contribution is -2.31. The van der Waals surface area contributed by atoms with Gasteiger partial charge in [-0.1, -0.05) is 10.3 Å². The molecule has 3 N–H and O–H groups in total. The fourth-order valence-electron chi connectivity index (χ4n) is 4.27. The van der Waals surface area contributed by atoms with Crippen LogP contribution in [-0.4, -0.2) is 61.1 Å². The molecular weight excluding hydrogens is 449 g/mol. The molecule has 11 nitrogen and oxygen atoms in total. The summed E-state index contributed by atoms with van der Waals surface area (Å²) < 4.78 is 22.9. The van der Waals surface area contributed by atoms with E-state index in [2.05, 4.69) is 10.3 Å². The van der Waals surface area contributed by atoms with Crippen LogP contribution in [0.3, 0.4) is 0 Å². The molecule has 34 heavy (non-hydrogen) atoms. The summed E-state index contributed by atoms with van der Waals surface area (Å²) in [6.07, 6.45) is 2.94. The van der Waals surface area contributed by atoms with Gasteiger partial charge >= 0.3 is 5.97 Å². The Balaban J connectivity index is 1.90. The van der Waals surface area contributed by atoms with Crippen molar-refractivity contribution in [1.29, 1.82) is 0 Å². The van der Waals surface area contributed by atoms with Crippen LogP contribution < -0.4 is 20.8 Å². The van der Waals surface area contributed by atoms with E-state index in [1.165, 1.54) is 20.4 Å². The predicted molar refractivity (Wildman–Crippen MR) is 123 cm³/mol. The molecule has 12 heteroatoms. The van der Waals surface area contributed by atoms with Crippen molar-refractivity contribution in [3.05, 3.63) is 33.9 Å². The molecule has 0 amide bonds. The predicted octanol–water partition coefficient (Wildman–Crippen LogP) is 1.93. The van der Waals surface area contributed by atoms with Crippen molar-refractivity contribution in [2.75, 3.05) is 38.8 Å². The second kappa shape index (κ2) is 9.20. The zero-order valence-electron chi connectivity index (χ0n) is 19.1. The SMILES string of the molecule is CCO/N=C(/N)C1CN(c2c(F)cc3c(=O)c(C(=O)O)cn(C4CC4)c3c2OC)C/C1=N\OC. The number of amidine groups is 1. The zero-order valence-corrected chi connectivity index (χ0v) is 19.1. The summed E-state index contributed by atoms with van der Waals surface area (Å²) in [7, 11) is 2.78. The van der Waals surface area contributed by atoms with Crippen LogP contribution in [-0.2, 0) is 9.68 Å². The third-order valence-electron chi connectivity index (χ3n) is 5.91. The van der Waals surface area contributed by atoms with Gasteiger partial charge in [-0.15, -0.1) is 0 Å². The summed E-state index contributed by atoms with van der Waals surface area (Å²) in [5.74, 6) is -2.29. The number of carboxylic acids is 1. The molecule has 4 rings (SSSR count). The smallest absolute Gasteiger partial charge is 0.341 e. The van der Waals surface area contributed by atoms with Crippen molar-refractivity contribution in [3.63, 3.8) is 0 Å². The fourth-order valence-corrected chi connectivity index (χ4v) is 4.27. The highest BCUT2D eigenvalue weighted by molar-refractivity contribution is 6.10. The lowest BCUT2D eigenvalue weighted by Gasteiger charge is -2.24. The molecule has 2 aliphatic rings. The summed E-state index contributed by atoms with van der Waals surface area (Å²) in [6, 6.07) is 1.07. The summed E-state index contributed by atoms with van der Waals surface area (Å²) >= 11 is 0. The van der Waals surface area contributed by atoms with Crippen molar-refractivity contribution in [1.82, 2.24) is 4.57 Å². The number of carboxylic acid groups (broad SMARTS) is 1. The van der Waals surface area contributed by atoms with Crippen molar-refractivity contribution < 1.29 is 28.7 Å². The van der Waals surface area contributed by atoms with E-state index >= 15 is 4.39 Å².